The zero-order valence-electron chi connectivity index (χ0n) is 10.9. The van der Waals surface area contributed by atoms with Gasteiger partial charge in [0.05, 0.1) is 19.5 Å². The first kappa shape index (κ1) is 12.9. The van der Waals surface area contributed by atoms with Crippen molar-refractivity contribution >= 4 is 11.0 Å². The summed E-state index contributed by atoms with van der Waals surface area (Å²) in [6.45, 7) is 4.96. The summed E-state index contributed by atoms with van der Waals surface area (Å²) in [5, 5.41) is 4.41. The summed E-state index contributed by atoms with van der Waals surface area (Å²) in [5.41, 5.74) is 2.03. The van der Waals surface area contributed by atoms with Gasteiger partial charge in [0.2, 0.25) is 0 Å². The lowest BCUT2D eigenvalue weighted by Gasteiger charge is -2.04. The van der Waals surface area contributed by atoms with Crippen LogP contribution in [0.15, 0.2) is 28.9 Å². The molecule has 0 aliphatic heterocycles. The zero-order chi connectivity index (χ0) is 12.8. The summed E-state index contributed by atoms with van der Waals surface area (Å²) in [7, 11) is 1.70. The van der Waals surface area contributed by atoms with E-state index in [0.29, 0.717) is 13.2 Å². The Bertz CT molecular complexity index is 493. The van der Waals surface area contributed by atoms with E-state index in [-0.39, 0.29) is 0 Å². The van der Waals surface area contributed by atoms with E-state index < -0.39 is 0 Å². The molecule has 0 fully saturated rings. The Balaban J connectivity index is 2.09. The fourth-order valence-electron chi connectivity index (χ4n) is 1.85. The fraction of sp³-hybridized carbons (Fsp3) is 0.429. The molecule has 0 atom stereocenters. The molecule has 18 heavy (non-hydrogen) atoms. The Morgan fingerprint density at radius 2 is 2.22 bits per heavy atom. The van der Waals surface area contributed by atoms with E-state index in [1.54, 1.807) is 13.4 Å². The van der Waals surface area contributed by atoms with Crippen molar-refractivity contribution < 1.29 is 13.9 Å². The molecule has 0 bridgehead atoms. The SMILES string of the molecule is CCOc1ccc2occ(CNCCOC)c2c1. The second kappa shape index (κ2) is 6.42. The molecule has 0 aliphatic rings. The molecule has 1 N–H and O–H groups in total. The topological polar surface area (TPSA) is 43.6 Å². The van der Waals surface area contributed by atoms with Crippen LogP contribution in [0.1, 0.15) is 12.5 Å². The van der Waals surface area contributed by atoms with Crippen LogP contribution < -0.4 is 10.1 Å². The second-order valence-electron chi connectivity index (χ2n) is 4.02. The van der Waals surface area contributed by atoms with Gasteiger partial charge in [-0.05, 0) is 25.1 Å². The predicted octanol–water partition coefficient (Wildman–Crippen LogP) is 2.57. The Labute approximate surface area is 107 Å². The van der Waals surface area contributed by atoms with E-state index in [1.165, 1.54) is 0 Å². The van der Waals surface area contributed by atoms with Crippen molar-refractivity contribution in [2.24, 2.45) is 0 Å². The molecule has 98 valence electrons. The Kier molecular flexibility index (Phi) is 4.61. The molecule has 0 radical (unpaired) electrons. The summed E-state index contributed by atoms with van der Waals surface area (Å²) in [6, 6.07) is 5.89. The van der Waals surface area contributed by atoms with Crippen LogP contribution in [0.5, 0.6) is 5.75 Å². The number of hydrogen-bond acceptors (Lipinski definition) is 4. The van der Waals surface area contributed by atoms with Crippen LogP contribution in [0.2, 0.25) is 0 Å². The van der Waals surface area contributed by atoms with Crippen LogP contribution in [0.3, 0.4) is 0 Å². The summed E-state index contributed by atoms with van der Waals surface area (Å²) in [6.07, 6.45) is 1.79. The van der Waals surface area contributed by atoms with E-state index in [4.69, 9.17) is 13.9 Å². The second-order valence-corrected chi connectivity index (χ2v) is 4.02. The minimum atomic E-state index is 0.671. The number of fused-ring (bicyclic) bond motifs is 1. The molecule has 4 nitrogen and oxygen atoms in total. The first-order valence-corrected chi connectivity index (χ1v) is 6.17. The molecule has 2 rings (SSSR count). The maximum atomic E-state index is 5.51. The van der Waals surface area contributed by atoms with Gasteiger partial charge in [-0.1, -0.05) is 0 Å². The number of hydrogen-bond donors (Lipinski definition) is 1. The van der Waals surface area contributed by atoms with Gasteiger partial charge in [0.15, 0.2) is 0 Å². The average Bonchev–Trinajstić information content (AvgIpc) is 2.78. The molecule has 0 aliphatic carbocycles. The molecule has 0 spiro atoms. The first-order chi connectivity index (χ1) is 8.85. The molecule has 1 aromatic heterocycles. The quantitative estimate of drug-likeness (QED) is 0.766. The van der Waals surface area contributed by atoms with E-state index in [0.717, 1.165) is 35.4 Å². The highest BCUT2D eigenvalue weighted by molar-refractivity contribution is 5.82. The van der Waals surface area contributed by atoms with Crippen LogP contribution in [0.25, 0.3) is 11.0 Å². The summed E-state index contributed by atoms with van der Waals surface area (Å²) < 4.78 is 16.0. The molecular weight excluding hydrogens is 230 g/mol. The average molecular weight is 249 g/mol. The summed E-state index contributed by atoms with van der Waals surface area (Å²) >= 11 is 0. The third-order valence-corrected chi connectivity index (χ3v) is 2.73. The third kappa shape index (κ3) is 3.03. The largest absolute Gasteiger partial charge is 0.494 e. The van der Waals surface area contributed by atoms with Crippen LogP contribution in [0, 0.1) is 0 Å². The van der Waals surface area contributed by atoms with Gasteiger partial charge in [0.25, 0.3) is 0 Å². The summed E-state index contributed by atoms with van der Waals surface area (Å²) in [5.74, 6) is 0.879. The van der Waals surface area contributed by atoms with Crippen molar-refractivity contribution in [3.05, 3.63) is 30.0 Å². The van der Waals surface area contributed by atoms with Crippen molar-refractivity contribution in [3.8, 4) is 5.75 Å². The van der Waals surface area contributed by atoms with Crippen molar-refractivity contribution in [2.75, 3.05) is 26.9 Å². The number of ether oxygens (including phenoxy) is 2. The molecule has 2 aromatic rings. The third-order valence-electron chi connectivity index (χ3n) is 2.73. The Morgan fingerprint density at radius 3 is 3.00 bits per heavy atom. The molecule has 0 saturated carbocycles. The van der Waals surface area contributed by atoms with Crippen LogP contribution in [0.4, 0.5) is 0 Å². The minimum absolute atomic E-state index is 0.671. The summed E-state index contributed by atoms with van der Waals surface area (Å²) in [4.78, 5) is 0. The minimum Gasteiger partial charge on any atom is -0.494 e. The number of nitrogens with one attached hydrogen (secondary N) is 1. The lowest BCUT2D eigenvalue weighted by atomic mass is 10.1. The van der Waals surface area contributed by atoms with E-state index in [2.05, 4.69) is 5.32 Å². The molecule has 0 amide bonds. The zero-order valence-corrected chi connectivity index (χ0v) is 10.9. The molecule has 4 heteroatoms. The van der Waals surface area contributed by atoms with Gasteiger partial charge in [-0.15, -0.1) is 0 Å². The van der Waals surface area contributed by atoms with Gasteiger partial charge in [-0.3, -0.25) is 0 Å². The van der Waals surface area contributed by atoms with Crippen LogP contribution in [-0.4, -0.2) is 26.9 Å². The van der Waals surface area contributed by atoms with Crippen molar-refractivity contribution in [2.45, 2.75) is 13.5 Å². The Hall–Kier alpha value is -1.52. The van der Waals surface area contributed by atoms with Crippen LogP contribution >= 0.6 is 0 Å². The lowest BCUT2D eigenvalue weighted by molar-refractivity contribution is 0.199. The molecule has 1 aromatic carbocycles. The molecule has 1 heterocycles. The molecular formula is C14H19NO3. The number of benzene rings is 1. The normalized spacial score (nSPS) is 11.0. The van der Waals surface area contributed by atoms with Gasteiger partial charge in [0.1, 0.15) is 11.3 Å². The van der Waals surface area contributed by atoms with Crippen molar-refractivity contribution in [1.29, 1.82) is 0 Å². The maximum absolute atomic E-state index is 5.51. The van der Waals surface area contributed by atoms with Gasteiger partial charge in [-0.2, -0.15) is 0 Å². The van der Waals surface area contributed by atoms with Gasteiger partial charge >= 0.3 is 0 Å². The highest BCUT2D eigenvalue weighted by Crippen LogP contribution is 2.25. The molecule has 0 unspecified atom stereocenters. The van der Waals surface area contributed by atoms with E-state index in [1.807, 2.05) is 25.1 Å². The lowest BCUT2D eigenvalue weighted by Crippen LogP contribution is -2.18. The standard InChI is InChI=1S/C14H19NO3/c1-3-17-12-4-5-14-13(8-12)11(10-18-14)9-15-6-7-16-2/h4-5,8,10,15H,3,6-7,9H2,1-2H3. The predicted molar refractivity (Wildman–Crippen MR) is 71.0 cm³/mol. The van der Waals surface area contributed by atoms with E-state index in [9.17, 15) is 0 Å². The van der Waals surface area contributed by atoms with Crippen molar-refractivity contribution in [1.82, 2.24) is 5.32 Å². The monoisotopic (exact) mass is 249 g/mol. The van der Waals surface area contributed by atoms with Crippen LogP contribution in [-0.2, 0) is 11.3 Å². The van der Waals surface area contributed by atoms with Crippen molar-refractivity contribution in [3.63, 3.8) is 0 Å². The smallest absolute Gasteiger partial charge is 0.134 e. The van der Waals surface area contributed by atoms with Gasteiger partial charge < -0.3 is 19.2 Å². The maximum Gasteiger partial charge on any atom is 0.134 e. The highest BCUT2D eigenvalue weighted by Gasteiger charge is 2.06. The van der Waals surface area contributed by atoms with E-state index >= 15 is 0 Å². The number of methoxy groups -OCH3 is 1. The Morgan fingerprint density at radius 1 is 1.33 bits per heavy atom. The van der Waals surface area contributed by atoms with Gasteiger partial charge in [0, 0.05) is 31.1 Å². The first-order valence-electron chi connectivity index (χ1n) is 6.17. The molecule has 0 saturated heterocycles. The number of rotatable bonds is 7. The fourth-order valence-corrected chi connectivity index (χ4v) is 1.85. The van der Waals surface area contributed by atoms with Gasteiger partial charge in [-0.25, -0.2) is 0 Å². The number of furan rings is 1. The highest BCUT2D eigenvalue weighted by atomic mass is 16.5.